The molecular formula is C9H18N2OS. The van der Waals surface area contributed by atoms with E-state index in [0.717, 1.165) is 6.42 Å². The van der Waals surface area contributed by atoms with E-state index in [9.17, 15) is 4.79 Å². The Hall–Kier alpha value is -0.640. The summed E-state index contributed by atoms with van der Waals surface area (Å²) in [6, 6.07) is 0.0407. The van der Waals surface area contributed by atoms with Gasteiger partial charge in [0.15, 0.2) is 0 Å². The molecule has 1 amide bonds. The van der Waals surface area contributed by atoms with Gasteiger partial charge in [0.05, 0.1) is 4.99 Å². The van der Waals surface area contributed by atoms with Crippen LogP contribution in [0.3, 0.4) is 0 Å². The van der Waals surface area contributed by atoms with E-state index in [1.165, 1.54) is 0 Å². The second-order valence-electron chi connectivity index (χ2n) is 3.39. The van der Waals surface area contributed by atoms with Crippen molar-refractivity contribution in [3.63, 3.8) is 0 Å². The van der Waals surface area contributed by atoms with Crippen LogP contribution in [-0.4, -0.2) is 16.9 Å². The summed E-state index contributed by atoms with van der Waals surface area (Å²) in [5.74, 6) is 0.139. The fraction of sp³-hybridized carbons (Fsp3) is 0.778. The van der Waals surface area contributed by atoms with Gasteiger partial charge < -0.3 is 11.1 Å². The molecule has 0 bridgehead atoms. The van der Waals surface area contributed by atoms with Crippen molar-refractivity contribution in [3.8, 4) is 0 Å². The van der Waals surface area contributed by atoms with Crippen LogP contribution in [-0.2, 0) is 4.79 Å². The number of nitrogens with one attached hydrogen (secondary N) is 1. The molecule has 0 spiro atoms. The first-order valence-corrected chi connectivity index (χ1v) is 4.96. The molecule has 0 radical (unpaired) electrons. The molecule has 3 N–H and O–H groups in total. The molecule has 0 saturated carbocycles. The number of carbonyl (C=O) groups excluding carboxylic acids is 1. The number of nitrogens with two attached hydrogens (primary N) is 1. The number of hydrogen-bond donors (Lipinski definition) is 2. The van der Waals surface area contributed by atoms with Crippen LogP contribution in [0.2, 0.25) is 0 Å². The van der Waals surface area contributed by atoms with Crippen LogP contribution in [0.25, 0.3) is 0 Å². The van der Waals surface area contributed by atoms with Crippen molar-refractivity contribution in [3.05, 3.63) is 0 Å². The summed E-state index contributed by atoms with van der Waals surface area (Å²) in [5, 5.41) is 2.86. The maximum atomic E-state index is 11.4. The van der Waals surface area contributed by atoms with Crippen molar-refractivity contribution in [2.45, 2.75) is 39.7 Å². The molecule has 3 nitrogen and oxygen atoms in total. The van der Waals surface area contributed by atoms with E-state index >= 15 is 0 Å². The molecule has 0 aromatic heterocycles. The molecule has 76 valence electrons. The smallest absolute Gasteiger partial charge is 0.223 e. The molecule has 0 fully saturated rings. The average Bonchev–Trinajstić information content (AvgIpc) is 2.01. The van der Waals surface area contributed by atoms with Crippen LogP contribution < -0.4 is 11.1 Å². The Bertz CT molecular complexity index is 194. The third-order valence-electron chi connectivity index (χ3n) is 1.96. The maximum Gasteiger partial charge on any atom is 0.223 e. The molecule has 0 aromatic carbocycles. The highest BCUT2D eigenvalue weighted by Crippen LogP contribution is 2.01. The molecule has 0 heterocycles. The molecule has 4 heteroatoms. The minimum absolute atomic E-state index is 0.0407. The van der Waals surface area contributed by atoms with Crippen LogP contribution in [0, 0.1) is 5.92 Å². The van der Waals surface area contributed by atoms with Crippen molar-refractivity contribution in [2.24, 2.45) is 11.7 Å². The Labute approximate surface area is 85.1 Å². The average molecular weight is 202 g/mol. The Morgan fingerprint density at radius 2 is 2.08 bits per heavy atom. The number of carbonyl (C=O) groups is 1. The Kier molecular flexibility index (Phi) is 5.62. The van der Waals surface area contributed by atoms with E-state index in [-0.39, 0.29) is 17.9 Å². The first kappa shape index (κ1) is 12.4. The van der Waals surface area contributed by atoms with Gasteiger partial charge in [0.2, 0.25) is 5.91 Å². The zero-order valence-electron chi connectivity index (χ0n) is 8.46. The SMILES string of the molecule is CCC(C)C(=O)NC(C)CC(N)=S. The summed E-state index contributed by atoms with van der Waals surface area (Å²) in [6.07, 6.45) is 1.42. The zero-order valence-corrected chi connectivity index (χ0v) is 9.28. The summed E-state index contributed by atoms with van der Waals surface area (Å²) in [5.41, 5.74) is 5.36. The van der Waals surface area contributed by atoms with Gasteiger partial charge in [-0.15, -0.1) is 0 Å². The third kappa shape index (κ3) is 5.58. The molecule has 2 atom stereocenters. The molecule has 2 unspecified atom stereocenters. The van der Waals surface area contributed by atoms with Gasteiger partial charge >= 0.3 is 0 Å². The second kappa shape index (κ2) is 5.91. The van der Waals surface area contributed by atoms with E-state index < -0.39 is 0 Å². The van der Waals surface area contributed by atoms with Gasteiger partial charge in [-0.2, -0.15) is 0 Å². The molecule has 0 aromatic rings. The highest BCUT2D eigenvalue weighted by atomic mass is 32.1. The highest BCUT2D eigenvalue weighted by Gasteiger charge is 2.13. The third-order valence-corrected chi connectivity index (χ3v) is 2.12. The Morgan fingerprint density at radius 3 is 2.46 bits per heavy atom. The van der Waals surface area contributed by atoms with Gasteiger partial charge in [-0.25, -0.2) is 0 Å². The fourth-order valence-corrected chi connectivity index (χ4v) is 1.17. The van der Waals surface area contributed by atoms with E-state index in [1.807, 2.05) is 20.8 Å². The Morgan fingerprint density at radius 1 is 1.54 bits per heavy atom. The van der Waals surface area contributed by atoms with Gasteiger partial charge in [-0.3, -0.25) is 4.79 Å². The number of thiocarbonyl (C=S) groups is 1. The summed E-state index contributed by atoms with van der Waals surface area (Å²) in [7, 11) is 0. The van der Waals surface area contributed by atoms with Crippen molar-refractivity contribution in [1.29, 1.82) is 0 Å². The summed E-state index contributed by atoms with van der Waals surface area (Å²) < 4.78 is 0. The van der Waals surface area contributed by atoms with Crippen LogP contribution >= 0.6 is 12.2 Å². The van der Waals surface area contributed by atoms with Crippen LogP contribution in [0.15, 0.2) is 0 Å². The van der Waals surface area contributed by atoms with E-state index in [4.69, 9.17) is 18.0 Å². The van der Waals surface area contributed by atoms with Gasteiger partial charge in [-0.1, -0.05) is 26.1 Å². The van der Waals surface area contributed by atoms with Gasteiger partial charge in [0.25, 0.3) is 0 Å². The zero-order chi connectivity index (χ0) is 10.4. The Balaban J connectivity index is 3.84. The molecule has 0 saturated heterocycles. The van der Waals surface area contributed by atoms with E-state index in [2.05, 4.69) is 5.32 Å². The molecule has 0 aliphatic rings. The lowest BCUT2D eigenvalue weighted by Crippen LogP contribution is -2.38. The largest absolute Gasteiger partial charge is 0.393 e. The molecule has 0 aliphatic carbocycles. The van der Waals surface area contributed by atoms with Gasteiger partial charge in [0, 0.05) is 18.4 Å². The first-order valence-electron chi connectivity index (χ1n) is 4.56. The minimum atomic E-state index is 0.0407. The van der Waals surface area contributed by atoms with Gasteiger partial charge in [0.1, 0.15) is 0 Å². The maximum absolute atomic E-state index is 11.4. The first-order chi connectivity index (χ1) is 5.97. The standard InChI is InChI=1S/C9H18N2OS/c1-4-6(2)9(12)11-7(3)5-8(10)13/h6-7H,4-5H2,1-3H3,(H2,10,13)(H,11,12). The van der Waals surface area contributed by atoms with Crippen molar-refractivity contribution in [1.82, 2.24) is 5.32 Å². The van der Waals surface area contributed by atoms with Crippen LogP contribution in [0.5, 0.6) is 0 Å². The fourth-order valence-electron chi connectivity index (χ4n) is 0.923. The second-order valence-corrected chi connectivity index (χ2v) is 3.91. The predicted molar refractivity (Wildman–Crippen MR) is 58.5 cm³/mol. The molecule has 0 aliphatic heterocycles. The summed E-state index contributed by atoms with van der Waals surface area (Å²) >= 11 is 4.75. The normalized spacial score (nSPS) is 14.7. The van der Waals surface area contributed by atoms with Crippen molar-refractivity contribution in [2.75, 3.05) is 0 Å². The molecular weight excluding hydrogens is 184 g/mol. The lowest BCUT2D eigenvalue weighted by atomic mass is 10.1. The molecule has 0 rings (SSSR count). The van der Waals surface area contributed by atoms with Crippen LogP contribution in [0.4, 0.5) is 0 Å². The van der Waals surface area contributed by atoms with E-state index in [0.29, 0.717) is 11.4 Å². The number of hydrogen-bond acceptors (Lipinski definition) is 2. The predicted octanol–water partition coefficient (Wildman–Crippen LogP) is 1.21. The number of rotatable bonds is 5. The summed E-state index contributed by atoms with van der Waals surface area (Å²) in [6.45, 7) is 5.80. The minimum Gasteiger partial charge on any atom is -0.393 e. The lowest BCUT2D eigenvalue weighted by molar-refractivity contribution is -0.125. The summed E-state index contributed by atoms with van der Waals surface area (Å²) in [4.78, 5) is 11.8. The lowest BCUT2D eigenvalue weighted by Gasteiger charge is -2.15. The van der Waals surface area contributed by atoms with E-state index in [1.54, 1.807) is 0 Å². The van der Waals surface area contributed by atoms with Gasteiger partial charge in [-0.05, 0) is 13.3 Å². The quantitative estimate of drug-likeness (QED) is 0.659. The highest BCUT2D eigenvalue weighted by molar-refractivity contribution is 7.80. The topological polar surface area (TPSA) is 55.1 Å². The van der Waals surface area contributed by atoms with Crippen LogP contribution in [0.1, 0.15) is 33.6 Å². The van der Waals surface area contributed by atoms with Crippen molar-refractivity contribution < 1.29 is 4.79 Å². The monoisotopic (exact) mass is 202 g/mol. The molecule has 13 heavy (non-hydrogen) atoms. The van der Waals surface area contributed by atoms with Crippen molar-refractivity contribution >= 4 is 23.1 Å². The number of amides is 1.